The van der Waals surface area contributed by atoms with Crippen LogP contribution in [0.15, 0.2) is 63.6 Å². The number of aromatic amines is 1. The minimum atomic E-state index is -0.353. The number of carbonyl (C=O) groups is 1. The summed E-state index contributed by atoms with van der Waals surface area (Å²) in [5.74, 6) is 0.411. The Morgan fingerprint density at radius 2 is 2.11 bits per heavy atom. The number of H-pyrrole nitrogens is 1. The molecular formula is C20H15BrN4O2S. The standard InChI is InChI=1S/C20H15BrN4O2S/c1-27-14-5-2-12(3-6-14)9-23-25-19(26)18-11-28-20(24-18)16-10-22-17-7-4-13(21)8-15(16)17/h2-11,22H,1H3,(H,25,26)/b23-9+. The van der Waals surface area contributed by atoms with Crippen molar-refractivity contribution in [3.8, 4) is 16.3 Å². The van der Waals surface area contributed by atoms with E-state index in [2.05, 4.69) is 36.4 Å². The molecule has 0 saturated carbocycles. The van der Waals surface area contributed by atoms with Crippen molar-refractivity contribution in [1.29, 1.82) is 0 Å². The highest BCUT2D eigenvalue weighted by Crippen LogP contribution is 2.32. The van der Waals surface area contributed by atoms with Crippen molar-refractivity contribution in [2.75, 3.05) is 7.11 Å². The van der Waals surface area contributed by atoms with Gasteiger partial charge in [0.05, 0.1) is 13.3 Å². The van der Waals surface area contributed by atoms with E-state index in [1.807, 2.05) is 48.7 Å². The van der Waals surface area contributed by atoms with Crippen LogP contribution in [0.5, 0.6) is 5.75 Å². The monoisotopic (exact) mass is 454 g/mol. The van der Waals surface area contributed by atoms with E-state index < -0.39 is 0 Å². The number of rotatable bonds is 5. The molecule has 0 fully saturated rings. The normalized spacial score (nSPS) is 11.2. The number of benzene rings is 2. The number of hydrogen-bond donors (Lipinski definition) is 2. The van der Waals surface area contributed by atoms with Gasteiger partial charge in [-0.05, 0) is 48.0 Å². The smallest absolute Gasteiger partial charge is 0.290 e. The van der Waals surface area contributed by atoms with Crippen LogP contribution in [0.2, 0.25) is 0 Å². The minimum Gasteiger partial charge on any atom is -0.497 e. The van der Waals surface area contributed by atoms with Gasteiger partial charge in [-0.15, -0.1) is 11.3 Å². The molecule has 8 heteroatoms. The van der Waals surface area contributed by atoms with Crippen molar-refractivity contribution in [1.82, 2.24) is 15.4 Å². The quantitative estimate of drug-likeness (QED) is 0.334. The van der Waals surface area contributed by atoms with Crippen molar-refractivity contribution in [3.05, 3.63) is 69.8 Å². The summed E-state index contributed by atoms with van der Waals surface area (Å²) >= 11 is 4.91. The zero-order chi connectivity index (χ0) is 19.5. The van der Waals surface area contributed by atoms with Gasteiger partial charge >= 0.3 is 0 Å². The second-order valence-corrected chi connectivity index (χ2v) is 7.68. The Kier molecular flexibility index (Phi) is 5.23. The van der Waals surface area contributed by atoms with Gasteiger partial charge in [-0.2, -0.15) is 5.10 Å². The SMILES string of the molecule is COc1ccc(/C=N/NC(=O)c2csc(-c3c[nH]c4ccc(Br)cc34)n2)cc1. The van der Waals surface area contributed by atoms with Crippen molar-refractivity contribution < 1.29 is 9.53 Å². The summed E-state index contributed by atoms with van der Waals surface area (Å²) in [5, 5.41) is 7.54. The molecule has 6 nitrogen and oxygen atoms in total. The predicted octanol–water partition coefficient (Wildman–Crippen LogP) is 4.83. The van der Waals surface area contributed by atoms with Crippen LogP contribution in [0.4, 0.5) is 0 Å². The van der Waals surface area contributed by atoms with Gasteiger partial charge in [0.25, 0.3) is 5.91 Å². The van der Waals surface area contributed by atoms with Crippen molar-refractivity contribution in [2.45, 2.75) is 0 Å². The van der Waals surface area contributed by atoms with E-state index >= 15 is 0 Å². The molecule has 2 aromatic carbocycles. The van der Waals surface area contributed by atoms with Crippen LogP contribution in [0.25, 0.3) is 21.5 Å². The van der Waals surface area contributed by atoms with E-state index in [1.165, 1.54) is 11.3 Å². The zero-order valence-electron chi connectivity index (χ0n) is 14.8. The number of hydrazone groups is 1. The number of halogens is 1. The fraction of sp³-hybridized carbons (Fsp3) is 0.0500. The maximum Gasteiger partial charge on any atom is 0.290 e. The summed E-state index contributed by atoms with van der Waals surface area (Å²) < 4.78 is 6.10. The lowest BCUT2D eigenvalue weighted by Gasteiger charge is -1.99. The lowest BCUT2D eigenvalue weighted by Crippen LogP contribution is -2.17. The first-order valence-corrected chi connectivity index (χ1v) is 10.0. The Hall–Kier alpha value is -2.97. The number of hydrogen-bond acceptors (Lipinski definition) is 5. The third-order valence-electron chi connectivity index (χ3n) is 4.11. The summed E-state index contributed by atoms with van der Waals surface area (Å²) in [6.45, 7) is 0. The number of aromatic nitrogens is 2. The molecule has 0 unspecified atom stereocenters. The number of carbonyl (C=O) groups excluding carboxylic acids is 1. The van der Waals surface area contributed by atoms with Crippen LogP contribution in [0.3, 0.4) is 0 Å². The lowest BCUT2D eigenvalue weighted by molar-refractivity contribution is 0.0951. The molecule has 0 atom stereocenters. The number of thiazole rings is 1. The second kappa shape index (κ2) is 7.95. The van der Waals surface area contributed by atoms with Gasteiger partial charge in [0.1, 0.15) is 16.5 Å². The van der Waals surface area contributed by atoms with E-state index in [0.717, 1.165) is 37.3 Å². The first kappa shape index (κ1) is 18.4. The molecule has 2 aromatic heterocycles. The molecule has 0 aliphatic carbocycles. The third-order valence-corrected chi connectivity index (χ3v) is 5.48. The van der Waals surface area contributed by atoms with Crippen LogP contribution in [-0.4, -0.2) is 29.2 Å². The Labute approximate surface area is 173 Å². The maximum absolute atomic E-state index is 12.3. The van der Waals surface area contributed by atoms with Crippen LogP contribution < -0.4 is 10.2 Å². The summed E-state index contributed by atoms with van der Waals surface area (Å²) in [6, 6.07) is 13.4. The number of amides is 1. The predicted molar refractivity (Wildman–Crippen MR) is 115 cm³/mol. The Bertz CT molecular complexity index is 1160. The second-order valence-electron chi connectivity index (χ2n) is 5.90. The molecule has 4 aromatic rings. The highest BCUT2D eigenvalue weighted by molar-refractivity contribution is 9.10. The van der Waals surface area contributed by atoms with Gasteiger partial charge in [0.2, 0.25) is 0 Å². The molecule has 4 rings (SSSR count). The summed E-state index contributed by atoms with van der Waals surface area (Å²) in [6.07, 6.45) is 3.47. The largest absolute Gasteiger partial charge is 0.497 e. The summed E-state index contributed by atoms with van der Waals surface area (Å²) in [5.41, 5.74) is 5.67. The first-order valence-electron chi connectivity index (χ1n) is 8.34. The van der Waals surface area contributed by atoms with Gasteiger partial charge in [-0.25, -0.2) is 10.4 Å². The molecule has 140 valence electrons. The minimum absolute atomic E-state index is 0.330. The van der Waals surface area contributed by atoms with E-state index in [4.69, 9.17) is 4.74 Å². The molecule has 1 amide bonds. The topological polar surface area (TPSA) is 79.4 Å². The van der Waals surface area contributed by atoms with Crippen LogP contribution >= 0.6 is 27.3 Å². The Balaban J connectivity index is 1.48. The molecule has 0 bridgehead atoms. The van der Waals surface area contributed by atoms with E-state index in [1.54, 1.807) is 18.7 Å². The molecule has 0 radical (unpaired) electrons. The van der Waals surface area contributed by atoms with Gasteiger partial charge < -0.3 is 9.72 Å². The molecular weight excluding hydrogens is 440 g/mol. The summed E-state index contributed by atoms with van der Waals surface area (Å²) in [4.78, 5) is 20.0. The molecule has 2 N–H and O–H groups in total. The van der Waals surface area contributed by atoms with Crippen LogP contribution in [0, 0.1) is 0 Å². The average Bonchev–Trinajstić information content (AvgIpc) is 3.35. The lowest BCUT2D eigenvalue weighted by atomic mass is 10.2. The number of nitrogens with zero attached hydrogens (tertiary/aromatic N) is 2. The van der Waals surface area contributed by atoms with Gasteiger partial charge in [0, 0.05) is 32.5 Å². The van der Waals surface area contributed by atoms with E-state index in [-0.39, 0.29) is 5.91 Å². The van der Waals surface area contributed by atoms with Gasteiger partial charge in [-0.3, -0.25) is 4.79 Å². The molecule has 0 aliphatic rings. The van der Waals surface area contributed by atoms with Gasteiger partial charge in [0.15, 0.2) is 0 Å². The van der Waals surface area contributed by atoms with E-state index in [0.29, 0.717) is 5.69 Å². The fourth-order valence-electron chi connectivity index (χ4n) is 2.68. The van der Waals surface area contributed by atoms with Gasteiger partial charge in [-0.1, -0.05) is 15.9 Å². The number of ether oxygens (including phenoxy) is 1. The molecule has 2 heterocycles. The zero-order valence-corrected chi connectivity index (χ0v) is 17.2. The fourth-order valence-corrected chi connectivity index (χ4v) is 3.88. The first-order chi connectivity index (χ1) is 13.6. The Morgan fingerprint density at radius 3 is 2.89 bits per heavy atom. The highest BCUT2D eigenvalue weighted by atomic mass is 79.9. The van der Waals surface area contributed by atoms with Crippen LogP contribution in [0.1, 0.15) is 16.1 Å². The Morgan fingerprint density at radius 1 is 1.29 bits per heavy atom. The molecule has 0 spiro atoms. The number of methoxy groups -OCH3 is 1. The van der Waals surface area contributed by atoms with E-state index in [9.17, 15) is 4.79 Å². The molecule has 0 aliphatic heterocycles. The summed E-state index contributed by atoms with van der Waals surface area (Å²) in [7, 11) is 1.61. The molecule has 0 saturated heterocycles. The van der Waals surface area contributed by atoms with Crippen LogP contribution in [-0.2, 0) is 0 Å². The highest BCUT2D eigenvalue weighted by Gasteiger charge is 2.14. The number of fused-ring (bicyclic) bond motifs is 1. The molecule has 28 heavy (non-hydrogen) atoms. The van der Waals surface area contributed by atoms with Crippen molar-refractivity contribution in [3.63, 3.8) is 0 Å². The van der Waals surface area contributed by atoms with Crippen molar-refractivity contribution in [2.24, 2.45) is 5.10 Å². The average molecular weight is 455 g/mol. The van der Waals surface area contributed by atoms with Crippen molar-refractivity contribution >= 4 is 50.3 Å². The third kappa shape index (κ3) is 3.83. The number of nitrogens with one attached hydrogen (secondary N) is 2. The maximum atomic E-state index is 12.3.